The van der Waals surface area contributed by atoms with Gasteiger partial charge in [0.1, 0.15) is 0 Å². The third-order valence-corrected chi connectivity index (χ3v) is 3.11. The predicted molar refractivity (Wildman–Crippen MR) is 54.1 cm³/mol. The van der Waals surface area contributed by atoms with E-state index in [0.717, 1.165) is 19.3 Å². The highest BCUT2D eigenvalue weighted by Gasteiger charge is 2.67. The van der Waals surface area contributed by atoms with Crippen LogP contribution in [0.2, 0.25) is 0 Å². The monoisotopic (exact) mass is 214 g/mol. The summed E-state index contributed by atoms with van der Waals surface area (Å²) in [6, 6.07) is 0. The molecule has 4 nitrogen and oxygen atoms in total. The van der Waals surface area contributed by atoms with Crippen LogP contribution in [0.1, 0.15) is 32.6 Å². The van der Waals surface area contributed by atoms with Gasteiger partial charge in [0.2, 0.25) is 0 Å². The lowest BCUT2D eigenvalue weighted by atomic mass is 10.0. The number of ether oxygens (including phenoxy) is 2. The summed E-state index contributed by atoms with van der Waals surface area (Å²) in [5.41, 5.74) is -0.987. The number of unbranched alkanes of at least 4 members (excludes halogenated alkanes) is 1. The molecule has 1 fully saturated rings. The standard InChI is InChI=1S/C11H18O4/c1-4-5-6-8-7-11(8,9(12)14-2)10(13)15-3/h8H,4-7H2,1-3H3/t8-/m0/s1. The molecular formula is C11H18O4. The molecule has 86 valence electrons. The minimum Gasteiger partial charge on any atom is -0.468 e. The van der Waals surface area contributed by atoms with Crippen molar-refractivity contribution < 1.29 is 19.1 Å². The summed E-state index contributed by atoms with van der Waals surface area (Å²) in [4.78, 5) is 23.1. The molecule has 0 saturated heterocycles. The van der Waals surface area contributed by atoms with E-state index >= 15 is 0 Å². The van der Waals surface area contributed by atoms with Gasteiger partial charge in [-0.2, -0.15) is 0 Å². The number of rotatable bonds is 5. The van der Waals surface area contributed by atoms with Gasteiger partial charge in [-0.15, -0.1) is 0 Å². The van der Waals surface area contributed by atoms with E-state index in [0.29, 0.717) is 6.42 Å². The second kappa shape index (κ2) is 4.64. The van der Waals surface area contributed by atoms with Gasteiger partial charge in [-0.25, -0.2) is 0 Å². The van der Waals surface area contributed by atoms with Crippen LogP contribution in [-0.4, -0.2) is 26.2 Å². The summed E-state index contributed by atoms with van der Waals surface area (Å²) < 4.78 is 9.34. The smallest absolute Gasteiger partial charge is 0.323 e. The lowest BCUT2D eigenvalue weighted by Crippen LogP contribution is -2.30. The van der Waals surface area contributed by atoms with E-state index in [2.05, 4.69) is 16.4 Å². The summed E-state index contributed by atoms with van der Waals surface area (Å²) >= 11 is 0. The topological polar surface area (TPSA) is 52.6 Å². The number of methoxy groups -OCH3 is 2. The number of hydrogen-bond acceptors (Lipinski definition) is 4. The number of carbonyl (C=O) groups is 2. The van der Waals surface area contributed by atoms with Crippen LogP contribution in [0, 0.1) is 11.3 Å². The van der Waals surface area contributed by atoms with Gasteiger partial charge in [-0.1, -0.05) is 19.8 Å². The molecule has 0 aromatic heterocycles. The second-order valence-corrected chi connectivity index (χ2v) is 4.00. The highest BCUT2D eigenvalue weighted by molar-refractivity contribution is 6.03. The van der Waals surface area contributed by atoms with Crippen molar-refractivity contribution in [1.29, 1.82) is 0 Å². The van der Waals surface area contributed by atoms with E-state index in [1.54, 1.807) is 0 Å². The third kappa shape index (κ3) is 1.98. The van der Waals surface area contributed by atoms with Gasteiger partial charge >= 0.3 is 11.9 Å². The van der Waals surface area contributed by atoms with Crippen molar-refractivity contribution in [3.63, 3.8) is 0 Å². The highest BCUT2D eigenvalue weighted by Crippen LogP contribution is 2.56. The molecule has 15 heavy (non-hydrogen) atoms. The second-order valence-electron chi connectivity index (χ2n) is 4.00. The maximum absolute atomic E-state index is 11.5. The van der Waals surface area contributed by atoms with Crippen molar-refractivity contribution in [1.82, 2.24) is 0 Å². The maximum Gasteiger partial charge on any atom is 0.323 e. The Morgan fingerprint density at radius 3 is 2.20 bits per heavy atom. The van der Waals surface area contributed by atoms with E-state index in [4.69, 9.17) is 0 Å². The van der Waals surface area contributed by atoms with Crippen LogP contribution in [0.15, 0.2) is 0 Å². The van der Waals surface area contributed by atoms with Crippen LogP contribution in [-0.2, 0) is 19.1 Å². The lowest BCUT2D eigenvalue weighted by molar-refractivity contribution is -0.162. The molecule has 0 bridgehead atoms. The quantitative estimate of drug-likeness (QED) is 0.514. The van der Waals surface area contributed by atoms with Crippen molar-refractivity contribution >= 4 is 11.9 Å². The Balaban J connectivity index is 2.67. The largest absolute Gasteiger partial charge is 0.468 e. The molecule has 0 amide bonds. The van der Waals surface area contributed by atoms with Gasteiger partial charge < -0.3 is 9.47 Å². The average Bonchev–Trinajstić information content (AvgIpc) is 2.99. The summed E-state index contributed by atoms with van der Waals surface area (Å²) in [5.74, 6) is -0.789. The van der Waals surface area contributed by atoms with Crippen molar-refractivity contribution in [3.8, 4) is 0 Å². The summed E-state index contributed by atoms with van der Waals surface area (Å²) in [6.07, 6.45) is 3.56. The fourth-order valence-corrected chi connectivity index (χ4v) is 2.08. The van der Waals surface area contributed by atoms with Crippen LogP contribution < -0.4 is 0 Å². The molecule has 0 N–H and O–H groups in total. The normalized spacial score (nSPS) is 21.9. The first-order chi connectivity index (χ1) is 7.13. The molecule has 0 aromatic carbocycles. The number of esters is 2. The first-order valence-corrected chi connectivity index (χ1v) is 5.30. The van der Waals surface area contributed by atoms with Gasteiger partial charge in [0.25, 0.3) is 0 Å². The van der Waals surface area contributed by atoms with Gasteiger partial charge in [0.15, 0.2) is 5.41 Å². The summed E-state index contributed by atoms with van der Waals surface area (Å²) in [7, 11) is 2.62. The molecule has 0 aliphatic heterocycles. The first kappa shape index (κ1) is 12.0. The number of carbonyl (C=O) groups excluding carboxylic acids is 2. The molecule has 0 spiro atoms. The Morgan fingerprint density at radius 2 is 1.80 bits per heavy atom. The Hall–Kier alpha value is -1.06. The zero-order valence-corrected chi connectivity index (χ0v) is 9.54. The third-order valence-electron chi connectivity index (χ3n) is 3.11. The van der Waals surface area contributed by atoms with E-state index in [1.165, 1.54) is 14.2 Å². The van der Waals surface area contributed by atoms with Gasteiger partial charge in [-0.05, 0) is 18.8 Å². The fraction of sp³-hybridized carbons (Fsp3) is 0.818. The van der Waals surface area contributed by atoms with Gasteiger partial charge in [-0.3, -0.25) is 9.59 Å². The van der Waals surface area contributed by atoms with Crippen molar-refractivity contribution in [3.05, 3.63) is 0 Å². The Kier molecular flexibility index (Phi) is 3.72. The van der Waals surface area contributed by atoms with Crippen molar-refractivity contribution in [2.24, 2.45) is 11.3 Å². The molecule has 1 saturated carbocycles. The highest BCUT2D eigenvalue weighted by atomic mass is 16.5. The molecule has 1 aliphatic rings. The van der Waals surface area contributed by atoms with Crippen LogP contribution in [0.25, 0.3) is 0 Å². The molecular weight excluding hydrogens is 196 g/mol. The SMILES string of the molecule is CCCC[C@H]1CC1(C(=O)OC)C(=O)OC. The zero-order valence-electron chi connectivity index (χ0n) is 9.54. The first-order valence-electron chi connectivity index (χ1n) is 5.30. The summed E-state index contributed by atoms with van der Waals surface area (Å²) in [6.45, 7) is 2.08. The van der Waals surface area contributed by atoms with Crippen LogP contribution >= 0.6 is 0 Å². The van der Waals surface area contributed by atoms with E-state index < -0.39 is 17.4 Å². The minimum absolute atomic E-state index is 0.109. The summed E-state index contributed by atoms with van der Waals surface area (Å²) in [5, 5.41) is 0. The van der Waals surface area contributed by atoms with Crippen LogP contribution in [0.5, 0.6) is 0 Å². The van der Waals surface area contributed by atoms with Gasteiger partial charge in [0, 0.05) is 0 Å². The molecule has 0 aromatic rings. The molecule has 1 aliphatic carbocycles. The molecule has 0 heterocycles. The van der Waals surface area contributed by atoms with Gasteiger partial charge in [0.05, 0.1) is 14.2 Å². The van der Waals surface area contributed by atoms with E-state index in [1.807, 2.05) is 0 Å². The Bertz CT molecular complexity index is 243. The lowest BCUT2D eigenvalue weighted by Gasteiger charge is -2.11. The molecule has 0 unspecified atom stereocenters. The van der Waals surface area contributed by atoms with E-state index in [9.17, 15) is 9.59 Å². The Morgan fingerprint density at radius 1 is 1.27 bits per heavy atom. The van der Waals surface area contributed by atoms with E-state index in [-0.39, 0.29) is 5.92 Å². The van der Waals surface area contributed by atoms with Crippen molar-refractivity contribution in [2.75, 3.05) is 14.2 Å². The van der Waals surface area contributed by atoms with Crippen molar-refractivity contribution in [2.45, 2.75) is 32.6 Å². The predicted octanol–water partition coefficient (Wildman–Crippen LogP) is 1.53. The molecule has 0 radical (unpaired) electrons. The molecule has 1 rings (SSSR count). The average molecular weight is 214 g/mol. The fourth-order valence-electron chi connectivity index (χ4n) is 2.08. The number of hydrogen-bond donors (Lipinski definition) is 0. The molecule has 1 atom stereocenters. The molecule has 4 heteroatoms. The van der Waals surface area contributed by atoms with Crippen LogP contribution in [0.4, 0.5) is 0 Å². The van der Waals surface area contributed by atoms with Crippen LogP contribution in [0.3, 0.4) is 0 Å². The maximum atomic E-state index is 11.5. The zero-order chi connectivity index (χ0) is 11.5. The Labute approximate surface area is 89.9 Å². The minimum atomic E-state index is -0.987.